The van der Waals surface area contributed by atoms with Crippen LogP contribution in [0.5, 0.6) is 0 Å². The Hall–Kier alpha value is -0.620. The van der Waals surface area contributed by atoms with Gasteiger partial charge in [-0.3, -0.25) is 0 Å². The Bertz CT molecular complexity index is 551. The molecule has 1 aromatic carbocycles. The predicted octanol–water partition coefficient (Wildman–Crippen LogP) is 2.86. The minimum atomic E-state index is 0.494. The van der Waals surface area contributed by atoms with E-state index in [0.29, 0.717) is 12.1 Å². The molecule has 1 aliphatic heterocycles. The molecule has 0 aliphatic carbocycles. The van der Waals surface area contributed by atoms with Crippen molar-refractivity contribution in [3.05, 3.63) is 29.3 Å². The number of benzene rings is 1. The highest BCUT2D eigenvalue weighted by molar-refractivity contribution is 7.99. The number of hydrogen-bond donors (Lipinski definition) is 1. The molecule has 114 valence electrons. The fraction of sp³-hybridized carbons (Fsp3) is 0.562. The van der Waals surface area contributed by atoms with Crippen LogP contribution in [0.25, 0.3) is 10.2 Å². The van der Waals surface area contributed by atoms with Gasteiger partial charge in [-0.25, -0.2) is 4.98 Å². The molecule has 0 bridgehead atoms. The Morgan fingerprint density at radius 2 is 2.29 bits per heavy atom. The number of aromatic nitrogens is 1. The number of nitrogens with zero attached hydrogens (tertiary/aromatic N) is 2. The first-order chi connectivity index (χ1) is 10.3. The van der Waals surface area contributed by atoms with Crippen molar-refractivity contribution in [2.45, 2.75) is 25.4 Å². The number of para-hydroxylation sites is 1. The number of thioether (sulfide) groups is 1. The molecular formula is C16H23N3S2. The smallest absolute Gasteiger partial charge is 0.0954 e. The van der Waals surface area contributed by atoms with Crippen molar-refractivity contribution in [2.24, 2.45) is 0 Å². The van der Waals surface area contributed by atoms with Gasteiger partial charge in [0.2, 0.25) is 0 Å². The van der Waals surface area contributed by atoms with Crippen molar-refractivity contribution in [3.8, 4) is 0 Å². The number of likely N-dealkylation sites (N-methyl/N-ethyl adjacent to an activating group) is 2. The number of rotatable bonds is 5. The zero-order chi connectivity index (χ0) is 14.7. The zero-order valence-corrected chi connectivity index (χ0v) is 14.3. The number of nitrogens with one attached hydrogen (secondary N) is 1. The SMILES string of the molecule is CCNC(Cc1nc2ccccc2s1)C1CSCCN1C. The molecule has 1 aliphatic rings. The summed E-state index contributed by atoms with van der Waals surface area (Å²) in [5.41, 5.74) is 1.14. The van der Waals surface area contributed by atoms with Gasteiger partial charge in [-0.05, 0) is 25.7 Å². The van der Waals surface area contributed by atoms with Crippen LogP contribution in [-0.2, 0) is 6.42 Å². The second kappa shape index (κ2) is 7.09. The van der Waals surface area contributed by atoms with E-state index in [1.165, 1.54) is 27.8 Å². The highest BCUT2D eigenvalue weighted by Crippen LogP contribution is 2.25. The number of hydrogen-bond acceptors (Lipinski definition) is 5. The van der Waals surface area contributed by atoms with Crippen LogP contribution in [0.1, 0.15) is 11.9 Å². The second-order valence-corrected chi connectivity index (χ2v) is 7.83. The van der Waals surface area contributed by atoms with Gasteiger partial charge in [-0.2, -0.15) is 11.8 Å². The third-order valence-corrected chi connectivity index (χ3v) is 6.21. The molecule has 0 saturated carbocycles. The summed E-state index contributed by atoms with van der Waals surface area (Å²) in [6.45, 7) is 4.41. The largest absolute Gasteiger partial charge is 0.312 e. The van der Waals surface area contributed by atoms with Crippen molar-refractivity contribution >= 4 is 33.3 Å². The van der Waals surface area contributed by atoms with Gasteiger partial charge in [0.05, 0.1) is 15.2 Å². The molecule has 2 atom stereocenters. The molecule has 1 N–H and O–H groups in total. The van der Waals surface area contributed by atoms with Crippen LogP contribution in [0.2, 0.25) is 0 Å². The van der Waals surface area contributed by atoms with E-state index < -0.39 is 0 Å². The zero-order valence-electron chi connectivity index (χ0n) is 12.7. The van der Waals surface area contributed by atoms with Gasteiger partial charge in [-0.1, -0.05) is 19.1 Å². The van der Waals surface area contributed by atoms with Crippen molar-refractivity contribution in [1.29, 1.82) is 0 Å². The predicted molar refractivity (Wildman–Crippen MR) is 94.5 cm³/mol. The van der Waals surface area contributed by atoms with Crippen LogP contribution in [0.3, 0.4) is 0 Å². The summed E-state index contributed by atoms with van der Waals surface area (Å²) in [7, 11) is 2.26. The Morgan fingerprint density at radius 1 is 1.43 bits per heavy atom. The summed E-state index contributed by atoms with van der Waals surface area (Å²) in [6, 6.07) is 9.54. The third kappa shape index (κ3) is 3.59. The summed E-state index contributed by atoms with van der Waals surface area (Å²) in [4.78, 5) is 7.32. The van der Waals surface area contributed by atoms with Crippen LogP contribution in [0, 0.1) is 0 Å². The average molecular weight is 322 g/mol. The molecule has 3 nitrogen and oxygen atoms in total. The van der Waals surface area contributed by atoms with Gasteiger partial charge in [0.15, 0.2) is 0 Å². The quantitative estimate of drug-likeness (QED) is 0.916. The molecule has 0 radical (unpaired) electrons. The molecule has 0 amide bonds. The maximum atomic E-state index is 4.81. The minimum absolute atomic E-state index is 0.494. The standard InChI is InChI=1S/C16H23N3S2/c1-3-17-13(14-11-20-9-8-19(14)2)10-16-18-12-6-4-5-7-15(12)21-16/h4-7,13-14,17H,3,8-11H2,1-2H3. The molecule has 21 heavy (non-hydrogen) atoms. The maximum Gasteiger partial charge on any atom is 0.0954 e. The van der Waals surface area contributed by atoms with E-state index in [9.17, 15) is 0 Å². The monoisotopic (exact) mass is 321 g/mol. The van der Waals surface area contributed by atoms with Crippen LogP contribution in [0.4, 0.5) is 0 Å². The summed E-state index contributed by atoms with van der Waals surface area (Å²) in [6.07, 6.45) is 1.03. The molecule has 1 saturated heterocycles. The minimum Gasteiger partial charge on any atom is -0.312 e. The second-order valence-electron chi connectivity index (χ2n) is 5.57. The first-order valence-corrected chi connectivity index (χ1v) is 9.61. The molecule has 1 fully saturated rings. The average Bonchev–Trinajstić information content (AvgIpc) is 2.89. The highest BCUT2D eigenvalue weighted by atomic mass is 32.2. The maximum absolute atomic E-state index is 4.81. The fourth-order valence-electron chi connectivity index (χ4n) is 2.93. The molecule has 2 aromatic rings. The van der Waals surface area contributed by atoms with E-state index in [-0.39, 0.29) is 0 Å². The van der Waals surface area contributed by atoms with Crippen molar-refractivity contribution in [1.82, 2.24) is 15.2 Å². The molecule has 1 aromatic heterocycles. The lowest BCUT2D eigenvalue weighted by Gasteiger charge is -2.37. The summed E-state index contributed by atoms with van der Waals surface area (Å²) >= 11 is 3.92. The fourth-order valence-corrected chi connectivity index (χ4v) is 5.27. The number of fused-ring (bicyclic) bond motifs is 1. The van der Waals surface area contributed by atoms with Crippen LogP contribution in [0.15, 0.2) is 24.3 Å². The molecule has 2 heterocycles. The van der Waals surface area contributed by atoms with E-state index in [1.54, 1.807) is 0 Å². The van der Waals surface area contributed by atoms with Gasteiger partial charge in [-0.15, -0.1) is 11.3 Å². The van der Waals surface area contributed by atoms with E-state index in [0.717, 1.165) is 18.5 Å². The van der Waals surface area contributed by atoms with Gasteiger partial charge >= 0.3 is 0 Å². The molecule has 3 rings (SSSR count). The van der Waals surface area contributed by atoms with Gasteiger partial charge in [0.1, 0.15) is 0 Å². The molecular weight excluding hydrogens is 298 g/mol. The van der Waals surface area contributed by atoms with Gasteiger partial charge < -0.3 is 10.2 Å². The summed E-state index contributed by atoms with van der Waals surface area (Å²) < 4.78 is 1.30. The van der Waals surface area contributed by atoms with Crippen LogP contribution < -0.4 is 5.32 Å². The molecule has 5 heteroatoms. The van der Waals surface area contributed by atoms with E-state index in [2.05, 4.69) is 60.2 Å². The first-order valence-electron chi connectivity index (χ1n) is 7.63. The molecule has 0 spiro atoms. The topological polar surface area (TPSA) is 28.2 Å². The van der Waals surface area contributed by atoms with Crippen molar-refractivity contribution in [2.75, 3.05) is 31.6 Å². The van der Waals surface area contributed by atoms with Crippen LogP contribution >= 0.6 is 23.1 Å². The summed E-state index contributed by atoms with van der Waals surface area (Å²) in [5.74, 6) is 2.48. The lowest BCUT2D eigenvalue weighted by atomic mass is 10.1. The lowest BCUT2D eigenvalue weighted by Crippen LogP contribution is -2.53. The Morgan fingerprint density at radius 3 is 3.05 bits per heavy atom. The van der Waals surface area contributed by atoms with Crippen LogP contribution in [-0.4, -0.2) is 53.6 Å². The normalized spacial score (nSPS) is 21.7. The Balaban J connectivity index is 1.77. The third-order valence-electron chi connectivity index (χ3n) is 4.11. The first kappa shape index (κ1) is 15.3. The van der Waals surface area contributed by atoms with Gasteiger partial charge in [0, 0.05) is 36.6 Å². The molecule has 2 unspecified atom stereocenters. The highest BCUT2D eigenvalue weighted by Gasteiger charge is 2.28. The van der Waals surface area contributed by atoms with Gasteiger partial charge in [0.25, 0.3) is 0 Å². The lowest BCUT2D eigenvalue weighted by molar-refractivity contribution is 0.215. The van der Waals surface area contributed by atoms with E-state index in [4.69, 9.17) is 4.98 Å². The summed E-state index contributed by atoms with van der Waals surface area (Å²) in [5, 5.41) is 4.94. The van der Waals surface area contributed by atoms with Crippen molar-refractivity contribution in [3.63, 3.8) is 0 Å². The van der Waals surface area contributed by atoms with E-state index in [1.807, 2.05) is 11.3 Å². The van der Waals surface area contributed by atoms with E-state index >= 15 is 0 Å². The Kier molecular flexibility index (Phi) is 5.16. The van der Waals surface area contributed by atoms with Crippen molar-refractivity contribution < 1.29 is 0 Å². The number of thiazole rings is 1. The Labute approximate surface area is 135 Å².